The molecule has 9 nitrogen and oxygen atoms in total. The van der Waals surface area contributed by atoms with Crippen molar-refractivity contribution in [2.45, 2.75) is 6.18 Å². The van der Waals surface area contributed by atoms with Crippen LogP contribution in [0.4, 0.5) is 18.9 Å². The van der Waals surface area contributed by atoms with Crippen molar-refractivity contribution in [1.29, 1.82) is 0 Å². The SMILES string of the molecule is Nc1c(Cl)cc(C(F)(F)F)cc1Cl.O=S(=O)(O)O.O=S(=O)(O)O. The fourth-order valence-corrected chi connectivity index (χ4v) is 1.24. The Morgan fingerprint density at radius 3 is 1.26 bits per heavy atom. The Morgan fingerprint density at radius 2 is 1.09 bits per heavy atom. The fraction of sp³-hybridized carbons (Fsp3) is 0.143. The second-order valence-electron chi connectivity index (χ2n) is 3.25. The molecule has 0 amide bonds. The molecule has 0 radical (unpaired) electrons. The minimum absolute atomic E-state index is 0.0451. The third kappa shape index (κ3) is 17.3. The molecule has 0 heterocycles. The molecule has 16 heteroatoms. The van der Waals surface area contributed by atoms with Gasteiger partial charge in [0.1, 0.15) is 0 Å². The van der Waals surface area contributed by atoms with Crippen LogP contribution in [0, 0.1) is 0 Å². The lowest BCUT2D eigenvalue weighted by Crippen LogP contribution is -2.05. The molecule has 0 aliphatic rings. The van der Waals surface area contributed by atoms with E-state index in [0.29, 0.717) is 0 Å². The summed E-state index contributed by atoms with van der Waals surface area (Å²) < 4.78 is 99.5. The number of nitrogen functional groups attached to an aromatic ring is 1. The number of benzene rings is 1. The Labute approximate surface area is 138 Å². The van der Waals surface area contributed by atoms with Crippen molar-refractivity contribution in [3.05, 3.63) is 27.7 Å². The lowest BCUT2D eigenvalue weighted by atomic mass is 10.2. The van der Waals surface area contributed by atoms with E-state index in [2.05, 4.69) is 0 Å². The van der Waals surface area contributed by atoms with Gasteiger partial charge in [0.25, 0.3) is 0 Å². The number of anilines is 1. The summed E-state index contributed by atoms with van der Waals surface area (Å²) in [7, 11) is -9.33. The zero-order chi connectivity index (χ0) is 19.2. The molecule has 0 aromatic heterocycles. The molecule has 1 aromatic rings. The van der Waals surface area contributed by atoms with Crippen molar-refractivity contribution < 1.29 is 48.2 Å². The first kappa shape index (κ1) is 24.4. The molecule has 23 heavy (non-hydrogen) atoms. The van der Waals surface area contributed by atoms with Crippen molar-refractivity contribution >= 4 is 49.7 Å². The fourth-order valence-electron chi connectivity index (χ4n) is 0.748. The number of halogens is 5. The van der Waals surface area contributed by atoms with Crippen molar-refractivity contribution in [1.82, 2.24) is 0 Å². The molecule has 0 aliphatic heterocycles. The van der Waals surface area contributed by atoms with Gasteiger partial charge in [0.15, 0.2) is 0 Å². The number of rotatable bonds is 0. The van der Waals surface area contributed by atoms with Crippen LogP contribution in [0.25, 0.3) is 0 Å². The monoisotopic (exact) mass is 425 g/mol. The third-order valence-electron chi connectivity index (χ3n) is 1.41. The smallest absolute Gasteiger partial charge is 0.396 e. The van der Waals surface area contributed by atoms with Gasteiger partial charge in [0, 0.05) is 0 Å². The zero-order valence-corrected chi connectivity index (χ0v) is 13.5. The van der Waals surface area contributed by atoms with Crippen molar-refractivity contribution in [3.8, 4) is 0 Å². The summed E-state index contributed by atoms with van der Waals surface area (Å²) in [6, 6.07) is 1.48. The molecule has 0 saturated carbocycles. The average Bonchev–Trinajstić information content (AvgIpc) is 2.18. The van der Waals surface area contributed by atoms with Gasteiger partial charge >= 0.3 is 27.0 Å². The molecular weight excluding hydrogens is 418 g/mol. The number of hydrogen-bond acceptors (Lipinski definition) is 5. The van der Waals surface area contributed by atoms with E-state index < -0.39 is 32.5 Å². The van der Waals surface area contributed by atoms with Gasteiger partial charge in [0.05, 0.1) is 21.3 Å². The lowest BCUT2D eigenvalue weighted by molar-refractivity contribution is -0.137. The Kier molecular flexibility index (Phi) is 9.37. The van der Waals surface area contributed by atoms with E-state index in [4.69, 9.17) is 64.0 Å². The van der Waals surface area contributed by atoms with Crippen LogP contribution in [0.3, 0.4) is 0 Å². The topological polar surface area (TPSA) is 175 Å². The summed E-state index contributed by atoms with van der Waals surface area (Å²) in [5.74, 6) is 0. The van der Waals surface area contributed by atoms with Gasteiger partial charge < -0.3 is 5.73 Å². The maximum absolute atomic E-state index is 12.1. The van der Waals surface area contributed by atoms with E-state index in [1.165, 1.54) is 0 Å². The van der Waals surface area contributed by atoms with E-state index in [0.717, 1.165) is 12.1 Å². The summed E-state index contributed by atoms with van der Waals surface area (Å²) in [6.45, 7) is 0. The first-order valence-corrected chi connectivity index (χ1v) is 8.09. The van der Waals surface area contributed by atoms with Crippen LogP contribution >= 0.6 is 23.2 Å². The molecule has 0 spiro atoms. The van der Waals surface area contributed by atoms with Crippen LogP contribution in [-0.2, 0) is 27.0 Å². The van der Waals surface area contributed by atoms with Crippen LogP contribution in [-0.4, -0.2) is 35.0 Å². The maximum atomic E-state index is 12.1. The second-order valence-corrected chi connectivity index (χ2v) is 5.85. The Morgan fingerprint density at radius 1 is 0.870 bits per heavy atom. The predicted octanol–water partition coefficient (Wildman–Crippen LogP) is 2.29. The minimum Gasteiger partial charge on any atom is -0.396 e. The largest absolute Gasteiger partial charge is 0.416 e. The second kappa shape index (κ2) is 8.84. The number of nitrogens with two attached hydrogens (primary N) is 1. The van der Waals surface area contributed by atoms with Gasteiger partial charge in [-0.25, -0.2) is 0 Å². The minimum atomic E-state index is -4.67. The van der Waals surface area contributed by atoms with E-state index in [9.17, 15) is 13.2 Å². The van der Waals surface area contributed by atoms with Gasteiger partial charge in [-0.1, -0.05) is 23.2 Å². The highest BCUT2D eigenvalue weighted by molar-refractivity contribution is 7.80. The van der Waals surface area contributed by atoms with Crippen molar-refractivity contribution in [2.24, 2.45) is 0 Å². The summed E-state index contributed by atoms with van der Waals surface area (Å²) in [5, 5.41) is -0.389. The summed E-state index contributed by atoms with van der Waals surface area (Å²) in [4.78, 5) is 0. The van der Waals surface area contributed by atoms with E-state index in [-0.39, 0.29) is 15.7 Å². The third-order valence-corrected chi connectivity index (χ3v) is 2.03. The van der Waals surface area contributed by atoms with Gasteiger partial charge in [0.2, 0.25) is 0 Å². The molecule has 0 fully saturated rings. The first-order chi connectivity index (χ1) is 9.82. The van der Waals surface area contributed by atoms with Crippen molar-refractivity contribution in [3.63, 3.8) is 0 Å². The molecule has 1 rings (SSSR count). The molecule has 0 aliphatic carbocycles. The van der Waals surface area contributed by atoms with Crippen LogP contribution in [0.2, 0.25) is 10.0 Å². The van der Waals surface area contributed by atoms with E-state index >= 15 is 0 Å². The van der Waals surface area contributed by atoms with Gasteiger partial charge in [-0.15, -0.1) is 0 Å². The summed E-state index contributed by atoms with van der Waals surface area (Å²) in [6.07, 6.45) is -4.46. The maximum Gasteiger partial charge on any atom is 0.416 e. The normalized spacial score (nSPS) is 11.7. The van der Waals surface area contributed by atoms with E-state index in [1.807, 2.05) is 0 Å². The Balaban J connectivity index is 0. The zero-order valence-electron chi connectivity index (χ0n) is 10.4. The van der Waals surface area contributed by atoms with Crippen LogP contribution in [0.5, 0.6) is 0 Å². The summed E-state index contributed by atoms with van der Waals surface area (Å²) in [5.41, 5.74) is 4.31. The molecule has 6 N–H and O–H groups in total. The van der Waals surface area contributed by atoms with Gasteiger partial charge in [-0.2, -0.15) is 30.0 Å². The number of hydrogen-bond donors (Lipinski definition) is 5. The quantitative estimate of drug-likeness (QED) is 0.308. The molecule has 0 unspecified atom stereocenters. The Bertz CT molecular complexity index is 666. The van der Waals surface area contributed by atoms with Crippen LogP contribution in [0.15, 0.2) is 12.1 Å². The molecule has 0 saturated heterocycles. The van der Waals surface area contributed by atoms with Crippen LogP contribution in [0.1, 0.15) is 5.56 Å². The first-order valence-electron chi connectivity index (χ1n) is 4.54. The van der Waals surface area contributed by atoms with Crippen LogP contribution < -0.4 is 5.73 Å². The van der Waals surface area contributed by atoms with E-state index in [1.54, 1.807) is 0 Å². The highest BCUT2D eigenvalue weighted by atomic mass is 35.5. The molecule has 0 bridgehead atoms. The average molecular weight is 426 g/mol. The standard InChI is InChI=1S/C7H4Cl2F3N.2H2O4S/c8-4-1-3(7(10,11)12)2-5(9)6(4)13;2*1-5(2,3)4/h1-2H,13H2;2*(H2,1,2,3,4). The summed E-state index contributed by atoms with van der Waals surface area (Å²) >= 11 is 10.8. The molecular formula is C7H8Cl2F3NO8S2. The molecule has 0 atom stereocenters. The highest BCUT2D eigenvalue weighted by Crippen LogP contribution is 2.36. The lowest BCUT2D eigenvalue weighted by Gasteiger charge is -2.09. The van der Waals surface area contributed by atoms with Gasteiger partial charge in [-0.05, 0) is 12.1 Å². The Hall–Kier alpha value is -0.870. The predicted molar refractivity (Wildman–Crippen MR) is 74.2 cm³/mol. The van der Waals surface area contributed by atoms with Gasteiger partial charge in [-0.3, -0.25) is 18.2 Å². The molecule has 1 aromatic carbocycles. The number of alkyl halides is 3. The van der Waals surface area contributed by atoms with Crippen molar-refractivity contribution in [2.75, 3.05) is 5.73 Å². The highest BCUT2D eigenvalue weighted by Gasteiger charge is 2.31. The molecule has 136 valence electrons.